The number of nitrogens with one attached hydrogen (secondary N) is 1. The highest BCUT2D eigenvalue weighted by Crippen LogP contribution is 2.16. The Bertz CT molecular complexity index is 501. The van der Waals surface area contributed by atoms with Gasteiger partial charge in [-0.2, -0.15) is 0 Å². The van der Waals surface area contributed by atoms with Crippen LogP contribution in [0.2, 0.25) is 0 Å². The summed E-state index contributed by atoms with van der Waals surface area (Å²) < 4.78 is 0. The maximum absolute atomic E-state index is 4.45. The van der Waals surface area contributed by atoms with E-state index in [0.29, 0.717) is 0 Å². The van der Waals surface area contributed by atoms with E-state index in [4.69, 9.17) is 0 Å². The lowest BCUT2D eigenvalue weighted by Crippen LogP contribution is -2.43. The van der Waals surface area contributed by atoms with Gasteiger partial charge in [-0.1, -0.05) is 36.8 Å². The average Bonchev–Trinajstić information content (AvgIpc) is 2.59. The third-order valence-electron chi connectivity index (χ3n) is 4.91. The summed E-state index contributed by atoms with van der Waals surface area (Å²) in [6, 6.07) is 8.73. The quantitative estimate of drug-likeness (QED) is 0.642. The molecule has 1 fully saturated rings. The lowest BCUT2D eigenvalue weighted by Gasteiger charge is -2.32. The van der Waals surface area contributed by atoms with Crippen molar-refractivity contribution >= 4 is 5.96 Å². The van der Waals surface area contributed by atoms with Crippen LogP contribution in [0.3, 0.4) is 0 Å². The van der Waals surface area contributed by atoms with Crippen molar-refractivity contribution in [2.45, 2.75) is 39.7 Å². The molecule has 2 rings (SSSR count). The summed E-state index contributed by atoms with van der Waals surface area (Å²) in [6.45, 7) is 10.1. The number of hydrogen-bond donors (Lipinski definition) is 1. The Hall–Kier alpha value is -1.55. The van der Waals surface area contributed by atoms with Gasteiger partial charge in [-0.15, -0.1) is 0 Å². The maximum Gasteiger partial charge on any atom is 0.193 e. The van der Waals surface area contributed by atoms with Crippen molar-refractivity contribution in [3.63, 3.8) is 0 Å². The summed E-state index contributed by atoms with van der Waals surface area (Å²) in [5.74, 6) is 1.76. The number of benzene rings is 1. The van der Waals surface area contributed by atoms with E-state index in [1.807, 2.05) is 7.05 Å². The Morgan fingerprint density at radius 3 is 2.50 bits per heavy atom. The summed E-state index contributed by atoms with van der Waals surface area (Å²) >= 11 is 0. The second kappa shape index (κ2) is 9.67. The maximum atomic E-state index is 4.45. The van der Waals surface area contributed by atoms with Crippen molar-refractivity contribution in [2.75, 3.05) is 40.3 Å². The number of guanidine groups is 1. The average molecular weight is 331 g/mol. The minimum absolute atomic E-state index is 0.766. The first kappa shape index (κ1) is 18.8. The highest BCUT2D eigenvalue weighted by molar-refractivity contribution is 5.79. The molecule has 4 heteroatoms. The molecule has 0 atom stereocenters. The number of piperidine rings is 1. The zero-order chi connectivity index (χ0) is 17.4. The molecule has 0 amide bonds. The molecule has 1 aromatic rings. The van der Waals surface area contributed by atoms with Crippen molar-refractivity contribution in [1.29, 1.82) is 0 Å². The van der Waals surface area contributed by atoms with Gasteiger partial charge in [0.05, 0.1) is 0 Å². The molecule has 0 spiro atoms. The van der Waals surface area contributed by atoms with Crippen molar-refractivity contribution < 1.29 is 0 Å². The van der Waals surface area contributed by atoms with Gasteiger partial charge in [0, 0.05) is 27.2 Å². The Morgan fingerprint density at radius 2 is 1.92 bits per heavy atom. The first-order valence-corrected chi connectivity index (χ1v) is 9.32. The second-order valence-electron chi connectivity index (χ2n) is 7.05. The summed E-state index contributed by atoms with van der Waals surface area (Å²) in [5.41, 5.74) is 2.62. The van der Waals surface area contributed by atoms with Crippen molar-refractivity contribution in [1.82, 2.24) is 15.1 Å². The fraction of sp³-hybridized carbons (Fsp3) is 0.650. The zero-order valence-electron chi connectivity index (χ0n) is 15.9. The van der Waals surface area contributed by atoms with Gasteiger partial charge in [-0.25, -0.2) is 0 Å². The van der Waals surface area contributed by atoms with Gasteiger partial charge >= 0.3 is 0 Å². The third-order valence-corrected chi connectivity index (χ3v) is 4.91. The van der Waals surface area contributed by atoms with Crippen LogP contribution in [-0.2, 0) is 6.54 Å². The van der Waals surface area contributed by atoms with Crippen LogP contribution in [0.5, 0.6) is 0 Å². The molecule has 24 heavy (non-hydrogen) atoms. The van der Waals surface area contributed by atoms with Gasteiger partial charge in [0.25, 0.3) is 0 Å². The van der Waals surface area contributed by atoms with Crippen LogP contribution < -0.4 is 5.32 Å². The van der Waals surface area contributed by atoms with Crippen LogP contribution in [0, 0.1) is 12.8 Å². The van der Waals surface area contributed by atoms with Crippen LogP contribution in [-0.4, -0.2) is 56.0 Å². The first-order chi connectivity index (χ1) is 11.6. The monoisotopic (exact) mass is 330 g/mol. The third kappa shape index (κ3) is 5.82. The predicted molar refractivity (Wildman–Crippen MR) is 103 cm³/mol. The lowest BCUT2D eigenvalue weighted by atomic mass is 9.97. The van der Waals surface area contributed by atoms with E-state index >= 15 is 0 Å². The molecule has 134 valence electrons. The molecule has 1 heterocycles. The molecule has 0 aliphatic carbocycles. The van der Waals surface area contributed by atoms with E-state index in [-0.39, 0.29) is 0 Å². The summed E-state index contributed by atoms with van der Waals surface area (Å²) in [7, 11) is 3.98. The fourth-order valence-electron chi connectivity index (χ4n) is 3.39. The number of hydrogen-bond acceptors (Lipinski definition) is 2. The van der Waals surface area contributed by atoms with Crippen LogP contribution in [0.25, 0.3) is 0 Å². The molecule has 1 aliphatic rings. The second-order valence-corrected chi connectivity index (χ2v) is 7.05. The molecule has 1 aromatic carbocycles. The van der Waals surface area contributed by atoms with Crippen LogP contribution >= 0.6 is 0 Å². The lowest BCUT2D eigenvalue weighted by molar-refractivity contribution is 0.185. The topological polar surface area (TPSA) is 30.9 Å². The molecular weight excluding hydrogens is 296 g/mol. The molecule has 1 saturated heterocycles. The van der Waals surface area contributed by atoms with E-state index in [1.54, 1.807) is 0 Å². The summed E-state index contributed by atoms with van der Waals surface area (Å²) in [4.78, 5) is 9.25. The molecule has 0 unspecified atom stereocenters. The van der Waals surface area contributed by atoms with E-state index in [0.717, 1.165) is 25.0 Å². The molecule has 0 radical (unpaired) electrons. The number of aliphatic imine (C=N–C) groups is 1. The van der Waals surface area contributed by atoms with E-state index in [1.165, 1.54) is 50.0 Å². The predicted octanol–water partition coefficient (Wildman–Crippen LogP) is 3.12. The van der Waals surface area contributed by atoms with Crippen molar-refractivity contribution in [2.24, 2.45) is 10.9 Å². The van der Waals surface area contributed by atoms with E-state index in [9.17, 15) is 0 Å². The largest absolute Gasteiger partial charge is 0.356 e. The smallest absolute Gasteiger partial charge is 0.193 e. The zero-order valence-corrected chi connectivity index (χ0v) is 15.9. The highest BCUT2D eigenvalue weighted by atomic mass is 15.3. The normalized spacial score (nSPS) is 17.1. The molecule has 1 N–H and O–H groups in total. The fourth-order valence-corrected chi connectivity index (χ4v) is 3.39. The van der Waals surface area contributed by atoms with Gasteiger partial charge in [-0.3, -0.25) is 4.99 Å². The van der Waals surface area contributed by atoms with Gasteiger partial charge in [-0.05, 0) is 57.3 Å². The van der Waals surface area contributed by atoms with Crippen molar-refractivity contribution in [3.8, 4) is 0 Å². The SMILES string of the molecule is CCCN1CCC(CNC(=NC)N(C)Cc2ccc(C)cc2)CC1. The van der Waals surface area contributed by atoms with Gasteiger partial charge in [0.15, 0.2) is 5.96 Å². The Morgan fingerprint density at radius 1 is 1.25 bits per heavy atom. The van der Waals surface area contributed by atoms with Crippen LogP contribution in [0.4, 0.5) is 0 Å². The summed E-state index contributed by atoms with van der Waals surface area (Å²) in [6.07, 6.45) is 3.86. The molecular formula is C20H34N4. The number of aryl methyl sites for hydroxylation is 1. The number of likely N-dealkylation sites (tertiary alicyclic amines) is 1. The Balaban J connectivity index is 1.76. The van der Waals surface area contributed by atoms with E-state index < -0.39 is 0 Å². The molecule has 4 nitrogen and oxygen atoms in total. The first-order valence-electron chi connectivity index (χ1n) is 9.32. The molecule has 0 bridgehead atoms. The van der Waals surface area contributed by atoms with Crippen LogP contribution in [0.15, 0.2) is 29.3 Å². The Labute approximate surface area is 147 Å². The van der Waals surface area contributed by atoms with Gasteiger partial charge < -0.3 is 15.1 Å². The van der Waals surface area contributed by atoms with E-state index in [2.05, 4.69) is 65.3 Å². The van der Waals surface area contributed by atoms with Crippen LogP contribution in [0.1, 0.15) is 37.3 Å². The summed E-state index contributed by atoms with van der Waals surface area (Å²) in [5, 5.41) is 3.57. The standard InChI is InChI=1S/C20H34N4/c1-5-12-24-13-10-18(11-14-24)15-22-20(21-3)23(4)16-19-8-6-17(2)7-9-19/h6-9,18H,5,10-16H2,1-4H3,(H,21,22). The highest BCUT2D eigenvalue weighted by Gasteiger charge is 2.19. The van der Waals surface area contributed by atoms with Gasteiger partial charge in [0.2, 0.25) is 0 Å². The minimum Gasteiger partial charge on any atom is -0.356 e. The Kier molecular flexibility index (Phi) is 7.57. The van der Waals surface area contributed by atoms with Crippen molar-refractivity contribution in [3.05, 3.63) is 35.4 Å². The number of rotatable bonds is 6. The molecule has 0 aromatic heterocycles. The minimum atomic E-state index is 0.766. The molecule has 0 saturated carbocycles. The van der Waals surface area contributed by atoms with Gasteiger partial charge in [0.1, 0.15) is 0 Å². The number of nitrogens with zero attached hydrogens (tertiary/aromatic N) is 3. The molecule has 1 aliphatic heterocycles.